The van der Waals surface area contributed by atoms with Crippen LogP contribution in [-0.4, -0.2) is 30.6 Å². The Morgan fingerprint density at radius 1 is 1.27 bits per heavy atom. The van der Waals surface area contributed by atoms with Gasteiger partial charge < -0.3 is 5.73 Å². The Labute approximate surface area is 94.2 Å². The van der Waals surface area contributed by atoms with Gasteiger partial charge in [0.2, 0.25) is 0 Å². The van der Waals surface area contributed by atoms with Crippen LogP contribution in [0.4, 0.5) is 0 Å². The highest BCUT2D eigenvalue weighted by Crippen LogP contribution is 2.46. The number of rotatable bonds is 4. The van der Waals surface area contributed by atoms with Crippen LogP contribution in [0.2, 0.25) is 0 Å². The van der Waals surface area contributed by atoms with E-state index in [9.17, 15) is 0 Å². The first-order valence-corrected chi connectivity index (χ1v) is 6.39. The lowest BCUT2D eigenvalue weighted by Crippen LogP contribution is -2.51. The molecule has 0 aliphatic heterocycles. The Hall–Kier alpha value is -0.0800. The van der Waals surface area contributed by atoms with E-state index in [4.69, 9.17) is 5.73 Å². The summed E-state index contributed by atoms with van der Waals surface area (Å²) in [5, 5.41) is 0. The molecule has 0 aromatic rings. The minimum absolute atomic E-state index is 0.312. The number of hydrogen-bond donors (Lipinski definition) is 1. The quantitative estimate of drug-likeness (QED) is 0.771. The Morgan fingerprint density at radius 3 is 2.33 bits per heavy atom. The summed E-state index contributed by atoms with van der Waals surface area (Å²) in [6.07, 6.45) is 6.78. The van der Waals surface area contributed by atoms with Crippen LogP contribution in [0.15, 0.2) is 0 Å². The van der Waals surface area contributed by atoms with Crippen molar-refractivity contribution in [3.05, 3.63) is 0 Å². The molecule has 0 aromatic heterocycles. The summed E-state index contributed by atoms with van der Waals surface area (Å²) in [5.41, 5.74) is 6.85. The molecule has 2 N–H and O–H groups in total. The average Bonchev–Trinajstić information content (AvgIpc) is 2.90. The second-order valence-electron chi connectivity index (χ2n) is 6.59. The summed E-state index contributed by atoms with van der Waals surface area (Å²) in [6, 6.07) is 0. The SMILES string of the molecule is CN(CC1CC1)C1(CN)CCC(C)(C)C1. The number of likely N-dealkylation sites (N-methyl/N-ethyl adjacent to an activating group) is 1. The van der Waals surface area contributed by atoms with Gasteiger partial charge in [-0.25, -0.2) is 0 Å². The molecule has 2 aliphatic rings. The van der Waals surface area contributed by atoms with Gasteiger partial charge in [-0.15, -0.1) is 0 Å². The van der Waals surface area contributed by atoms with Crippen LogP contribution in [0.3, 0.4) is 0 Å². The first-order chi connectivity index (χ1) is 6.97. The lowest BCUT2D eigenvalue weighted by atomic mass is 9.87. The van der Waals surface area contributed by atoms with Gasteiger partial charge in [-0.3, -0.25) is 4.90 Å². The lowest BCUT2D eigenvalue weighted by molar-refractivity contribution is 0.113. The van der Waals surface area contributed by atoms with E-state index in [-0.39, 0.29) is 0 Å². The van der Waals surface area contributed by atoms with Crippen LogP contribution in [0, 0.1) is 11.3 Å². The van der Waals surface area contributed by atoms with Crippen LogP contribution >= 0.6 is 0 Å². The third-order valence-corrected chi connectivity index (χ3v) is 4.49. The molecule has 1 atom stereocenters. The Bertz CT molecular complexity index is 233. The maximum absolute atomic E-state index is 6.05. The summed E-state index contributed by atoms with van der Waals surface area (Å²) >= 11 is 0. The van der Waals surface area contributed by atoms with Crippen molar-refractivity contribution in [3.63, 3.8) is 0 Å². The molecule has 0 heterocycles. The van der Waals surface area contributed by atoms with Gasteiger partial charge in [0.25, 0.3) is 0 Å². The van der Waals surface area contributed by atoms with E-state index in [2.05, 4.69) is 25.8 Å². The third-order valence-electron chi connectivity index (χ3n) is 4.49. The fourth-order valence-corrected chi connectivity index (χ4v) is 3.18. The molecule has 2 rings (SSSR count). The smallest absolute Gasteiger partial charge is 0.0334 e. The van der Waals surface area contributed by atoms with Crippen molar-refractivity contribution in [2.45, 2.75) is 51.5 Å². The van der Waals surface area contributed by atoms with Gasteiger partial charge in [-0.05, 0) is 50.5 Å². The summed E-state index contributed by atoms with van der Waals surface area (Å²) < 4.78 is 0. The maximum atomic E-state index is 6.05. The highest BCUT2D eigenvalue weighted by atomic mass is 15.2. The Morgan fingerprint density at radius 2 is 1.93 bits per heavy atom. The van der Waals surface area contributed by atoms with E-state index in [1.54, 1.807) is 0 Å². The fraction of sp³-hybridized carbons (Fsp3) is 1.00. The van der Waals surface area contributed by atoms with Crippen molar-refractivity contribution < 1.29 is 0 Å². The molecule has 88 valence electrons. The molecule has 0 spiro atoms. The van der Waals surface area contributed by atoms with Gasteiger partial charge in [-0.2, -0.15) is 0 Å². The monoisotopic (exact) mass is 210 g/mol. The normalized spacial score (nSPS) is 35.0. The maximum Gasteiger partial charge on any atom is 0.0334 e. The molecule has 2 saturated carbocycles. The standard InChI is InChI=1S/C13H26N2/c1-12(2)6-7-13(9-12,10-14)15(3)8-11-4-5-11/h11H,4-10,14H2,1-3H3. The lowest BCUT2D eigenvalue weighted by Gasteiger charge is -2.39. The van der Waals surface area contributed by atoms with Crippen molar-refractivity contribution in [1.82, 2.24) is 4.90 Å². The molecule has 1 unspecified atom stereocenters. The zero-order valence-electron chi connectivity index (χ0n) is 10.6. The van der Waals surface area contributed by atoms with Crippen molar-refractivity contribution in [2.24, 2.45) is 17.1 Å². The van der Waals surface area contributed by atoms with Crippen LogP contribution in [0.1, 0.15) is 46.0 Å². The largest absolute Gasteiger partial charge is 0.329 e. The van der Waals surface area contributed by atoms with Crippen molar-refractivity contribution in [1.29, 1.82) is 0 Å². The molecule has 2 fully saturated rings. The molecular weight excluding hydrogens is 184 g/mol. The van der Waals surface area contributed by atoms with E-state index >= 15 is 0 Å². The summed E-state index contributed by atoms with van der Waals surface area (Å²) in [7, 11) is 2.28. The van der Waals surface area contributed by atoms with Crippen molar-refractivity contribution in [2.75, 3.05) is 20.1 Å². The predicted molar refractivity (Wildman–Crippen MR) is 64.8 cm³/mol. The topological polar surface area (TPSA) is 29.3 Å². The molecule has 0 amide bonds. The fourth-order valence-electron chi connectivity index (χ4n) is 3.18. The van der Waals surface area contributed by atoms with Crippen LogP contribution in [0.5, 0.6) is 0 Å². The van der Waals surface area contributed by atoms with Crippen LogP contribution in [-0.2, 0) is 0 Å². The number of hydrogen-bond acceptors (Lipinski definition) is 2. The van der Waals surface area contributed by atoms with E-state index in [0.717, 1.165) is 12.5 Å². The van der Waals surface area contributed by atoms with E-state index < -0.39 is 0 Å². The molecule has 0 saturated heterocycles. The van der Waals surface area contributed by atoms with Gasteiger partial charge in [-0.1, -0.05) is 13.8 Å². The zero-order valence-corrected chi connectivity index (χ0v) is 10.6. The van der Waals surface area contributed by atoms with Crippen molar-refractivity contribution in [3.8, 4) is 0 Å². The molecule has 2 heteroatoms. The van der Waals surface area contributed by atoms with Crippen LogP contribution < -0.4 is 5.73 Å². The van der Waals surface area contributed by atoms with E-state index in [0.29, 0.717) is 11.0 Å². The van der Waals surface area contributed by atoms with Gasteiger partial charge in [0.1, 0.15) is 0 Å². The van der Waals surface area contributed by atoms with Gasteiger partial charge in [0.15, 0.2) is 0 Å². The Balaban J connectivity index is 2.01. The first kappa shape index (κ1) is 11.4. The Kier molecular flexibility index (Phi) is 2.85. The van der Waals surface area contributed by atoms with Crippen molar-refractivity contribution >= 4 is 0 Å². The minimum Gasteiger partial charge on any atom is -0.329 e. The van der Waals surface area contributed by atoms with E-state index in [1.807, 2.05) is 0 Å². The van der Waals surface area contributed by atoms with E-state index in [1.165, 1.54) is 38.6 Å². The zero-order chi connectivity index (χ0) is 11.1. The highest BCUT2D eigenvalue weighted by Gasteiger charge is 2.45. The summed E-state index contributed by atoms with van der Waals surface area (Å²) in [5.74, 6) is 0.974. The first-order valence-electron chi connectivity index (χ1n) is 6.39. The van der Waals surface area contributed by atoms with Crippen LogP contribution in [0.25, 0.3) is 0 Å². The third kappa shape index (κ3) is 2.36. The van der Waals surface area contributed by atoms with Gasteiger partial charge >= 0.3 is 0 Å². The molecular formula is C13H26N2. The second-order valence-corrected chi connectivity index (χ2v) is 6.59. The molecule has 0 aromatic carbocycles. The summed E-state index contributed by atoms with van der Waals surface area (Å²) in [6.45, 7) is 6.87. The molecule has 2 nitrogen and oxygen atoms in total. The number of nitrogens with two attached hydrogens (primary N) is 1. The molecule has 0 radical (unpaired) electrons. The summed E-state index contributed by atoms with van der Waals surface area (Å²) in [4.78, 5) is 2.57. The number of nitrogens with zero attached hydrogens (tertiary/aromatic N) is 1. The van der Waals surface area contributed by atoms with Gasteiger partial charge in [0, 0.05) is 18.6 Å². The molecule has 15 heavy (non-hydrogen) atoms. The average molecular weight is 210 g/mol. The second kappa shape index (κ2) is 3.74. The van der Waals surface area contributed by atoms with Gasteiger partial charge in [0.05, 0.1) is 0 Å². The predicted octanol–water partition coefficient (Wildman–Crippen LogP) is 2.24. The highest BCUT2D eigenvalue weighted by molar-refractivity contribution is 5.02. The molecule has 0 bridgehead atoms. The molecule has 2 aliphatic carbocycles. The minimum atomic E-state index is 0.312.